The third-order valence-electron chi connectivity index (χ3n) is 1.74. The van der Waals surface area contributed by atoms with E-state index in [0.29, 0.717) is 5.70 Å². The topological polar surface area (TPSA) is 29.5 Å². The van der Waals surface area contributed by atoms with E-state index in [1.807, 2.05) is 16.7 Å². The molecule has 0 aliphatic carbocycles. The molecule has 68 valence electrons. The zero-order valence-electron chi connectivity index (χ0n) is 7.16. The first-order valence-corrected chi connectivity index (χ1v) is 5.05. The van der Waals surface area contributed by atoms with Crippen LogP contribution in [0.3, 0.4) is 0 Å². The third kappa shape index (κ3) is 2.44. The minimum Gasteiger partial charge on any atom is -0.502 e. The zero-order valence-corrected chi connectivity index (χ0v) is 7.97. The van der Waals surface area contributed by atoms with Gasteiger partial charge in [0.1, 0.15) is 12.0 Å². The van der Waals surface area contributed by atoms with Crippen LogP contribution >= 0.6 is 11.8 Å². The SMILES string of the molecule is CO/C=C(/C=O)N1CCSCC1. The van der Waals surface area contributed by atoms with Crippen molar-refractivity contribution in [2.75, 3.05) is 31.7 Å². The minimum atomic E-state index is 0.651. The molecule has 0 spiro atoms. The summed E-state index contributed by atoms with van der Waals surface area (Å²) in [5, 5.41) is 0. The summed E-state index contributed by atoms with van der Waals surface area (Å²) in [5.74, 6) is 2.18. The van der Waals surface area contributed by atoms with Gasteiger partial charge in [0.2, 0.25) is 0 Å². The predicted octanol–water partition coefficient (Wildman–Crippen LogP) is 0.722. The molecule has 1 rings (SSSR count). The molecule has 1 heterocycles. The van der Waals surface area contributed by atoms with Gasteiger partial charge in [-0.15, -0.1) is 0 Å². The van der Waals surface area contributed by atoms with Gasteiger partial charge in [0.15, 0.2) is 6.29 Å². The lowest BCUT2D eigenvalue weighted by Gasteiger charge is -2.27. The van der Waals surface area contributed by atoms with Crippen molar-refractivity contribution < 1.29 is 9.53 Å². The lowest BCUT2D eigenvalue weighted by molar-refractivity contribution is -0.106. The van der Waals surface area contributed by atoms with Crippen LogP contribution < -0.4 is 0 Å². The molecule has 0 bridgehead atoms. The first kappa shape index (κ1) is 9.45. The highest BCUT2D eigenvalue weighted by atomic mass is 32.2. The molecule has 3 nitrogen and oxygen atoms in total. The molecule has 0 saturated carbocycles. The summed E-state index contributed by atoms with van der Waals surface area (Å²) in [7, 11) is 1.56. The van der Waals surface area contributed by atoms with E-state index in [-0.39, 0.29) is 0 Å². The van der Waals surface area contributed by atoms with Crippen molar-refractivity contribution in [3.63, 3.8) is 0 Å². The Morgan fingerprint density at radius 1 is 1.50 bits per heavy atom. The van der Waals surface area contributed by atoms with Crippen LogP contribution in [0, 0.1) is 0 Å². The second-order valence-electron chi connectivity index (χ2n) is 2.50. The number of hydrogen-bond acceptors (Lipinski definition) is 4. The van der Waals surface area contributed by atoms with Crippen molar-refractivity contribution in [2.45, 2.75) is 0 Å². The highest BCUT2D eigenvalue weighted by Gasteiger charge is 2.12. The molecule has 0 aromatic heterocycles. The Morgan fingerprint density at radius 3 is 2.67 bits per heavy atom. The van der Waals surface area contributed by atoms with E-state index in [0.717, 1.165) is 30.9 Å². The van der Waals surface area contributed by atoms with E-state index < -0.39 is 0 Å². The average Bonchev–Trinajstić information content (AvgIpc) is 2.15. The van der Waals surface area contributed by atoms with E-state index >= 15 is 0 Å². The van der Waals surface area contributed by atoms with Crippen molar-refractivity contribution in [1.82, 2.24) is 4.90 Å². The fraction of sp³-hybridized carbons (Fsp3) is 0.625. The molecule has 1 fully saturated rings. The van der Waals surface area contributed by atoms with E-state index in [1.165, 1.54) is 6.26 Å². The van der Waals surface area contributed by atoms with Crippen molar-refractivity contribution >= 4 is 18.0 Å². The molecule has 0 unspecified atom stereocenters. The first-order valence-electron chi connectivity index (χ1n) is 3.89. The maximum absolute atomic E-state index is 10.6. The van der Waals surface area contributed by atoms with Crippen LogP contribution in [0.4, 0.5) is 0 Å². The molecule has 0 amide bonds. The summed E-state index contributed by atoms with van der Waals surface area (Å²) in [5.41, 5.74) is 0.651. The number of nitrogens with zero attached hydrogens (tertiary/aromatic N) is 1. The number of aldehydes is 1. The van der Waals surface area contributed by atoms with Crippen LogP contribution in [-0.2, 0) is 9.53 Å². The quantitative estimate of drug-likeness (QED) is 0.370. The minimum absolute atomic E-state index is 0.651. The summed E-state index contributed by atoms with van der Waals surface area (Å²) in [6.45, 7) is 1.89. The second kappa shape index (κ2) is 5.09. The van der Waals surface area contributed by atoms with E-state index in [2.05, 4.69) is 0 Å². The molecule has 0 aromatic carbocycles. The molecule has 0 aromatic rings. The molecular weight excluding hydrogens is 174 g/mol. The maximum atomic E-state index is 10.6. The molecule has 4 heteroatoms. The van der Waals surface area contributed by atoms with Crippen LogP contribution in [0.25, 0.3) is 0 Å². The summed E-state index contributed by atoms with van der Waals surface area (Å²) in [6.07, 6.45) is 2.35. The van der Waals surface area contributed by atoms with Crippen molar-refractivity contribution in [3.05, 3.63) is 12.0 Å². The first-order chi connectivity index (χ1) is 5.88. The Hall–Kier alpha value is -0.640. The lowest BCUT2D eigenvalue weighted by atomic mass is 10.4. The van der Waals surface area contributed by atoms with Crippen LogP contribution in [0.1, 0.15) is 0 Å². The number of ether oxygens (including phenoxy) is 1. The van der Waals surface area contributed by atoms with Gasteiger partial charge in [-0.1, -0.05) is 0 Å². The number of carbonyl (C=O) groups is 1. The van der Waals surface area contributed by atoms with Gasteiger partial charge in [-0.25, -0.2) is 0 Å². The summed E-state index contributed by atoms with van der Waals surface area (Å²) < 4.78 is 4.81. The number of allylic oxidation sites excluding steroid dienone is 1. The normalized spacial score (nSPS) is 19.1. The van der Waals surface area contributed by atoms with Gasteiger partial charge in [-0.05, 0) is 0 Å². The van der Waals surface area contributed by atoms with Gasteiger partial charge in [-0.2, -0.15) is 11.8 Å². The average molecular weight is 187 g/mol. The van der Waals surface area contributed by atoms with E-state index in [4.69, 9.17) is 4.74 Å². The molecule has 1 saturated heterocycles. The highest BCUT2D eigenvalue weighted by Crippen LogP contribution is 2.12. The number of thioether (sulfide) groups is 1. The molecule has 0 radical (unpaired) electrons. The van der Waals surface area contributed by atoms with E-state index in [1.54, 1.807) is 7.11 Å². The Kier molecular flexibility index (Phi) is 4.00. The molecule has 12 heavy (non-hydrogen) atoms. The van der Waals surface area contributed by atoms with Crippen LogP contribution in [0.15, 0.2) is 12.0 Å². The summed E-state index contributed by atoms with van der Waals surface area (Å²) in [6, 6.07) is 0. The van der Waals surface area contributed by atoms with Gasteiger partial charge in [0.05, 0.1) is 7.11 Å². The van der Waals surface area contributed by atoms with Gasteiger partial charge < -0.3 is 9.64 Å². The van der Waals surface area contributed by atoms with Gasteiger partial charge >= 0.3 is 0 Å². The summed E-state index contributed by atoms with van der Waals surface area (Å²) in [4.78, 5) is 12.6. The number of carbonyl (C=O) groups excluding carboxylic acids is 1. The lowest BCUT2D eigenvalue weighted by Crippen LogP contribution is -2.32. The molecular formula is C8H13NO2S. The monoisotopic (exact) mass is 187 g/mol. The van der Waals surface area contributed by atoms with Crippen LogP contribution in [0.2, 0.25) is 0 Å². The highest BCUT2D eigenvalue weighted by molar-refractivity contribution is 7.99. The predicted molar refractivity (Wildman–Crippen MR) is 50.1 cm³/mol. The fourth-order valence-corrected chi connectivity index (χ4v) is 2.02. The molecule has 0 N–H and O–H groups in total. The summed E-state index contributed by atoms with van der Waals surface area (Å²) >= 11 is 1.92. The number of rotatable bonds is 3. The Bertz CT molecular complexity index is 176. The molecule has 1 aliphatic heterocycles. The van der Waals surface area contributed by atoms with E-state index in [9.17, 15) is 4.79 Å². The van der Waals surface area contributed by atoms with Crippen LogP contribution in [0.5, 0.6) is 0 Å². The van der Waals surface area contributed by atoms with Gasteiger partial charge in [0, 0.05) is 24.6 Å². The van der Waals surface area contributed by atoms with Gasteiger partial charge in [-0.3, -0.25) is 4.79 Å². The number of hydrogen-bond donors (Lipinski definition) is 0. The smallest absolute Gasteiger partial charge is 0.169 e. The Balaban J connectivity index is 2.51. The fourth-order valence-electron chi connectivity index (χ4n) is 1.12. The van der Waals surface area contributed by atoms with Crippen molar-refractivity contribution in [1.29, 1.82) is 0 Å². The molecule has 0 atom stereocenters. The maximum Gasteiger partial charge on any atom is 0.169 e. The largest absolute Gasteiger partial charge is 0.502 e. The zero-order chi connectivity index (χ0) is 8.81. The number of methoxy groups -OCH3 is 1. The standard InChI is InChI=1S/C8H13NO2S/c1-11-7-8(6-10)9-2-4-12-5-3-9/h6-7H,2-5H2,1H3/b8-7-. The Labute approximate surface area is 76.8 Å². The van der Waals surface area contributed by atoms with Crippen molar-refractivity contribution in [3.8, 4) is 0 Å². The second-order valence-corrected chi connectivity index (χ2v) is 3.72. The van der Waals surface area contributed by atoms with Crippen molar-refractivity contribution in [2.24, 2.45) is 0 Å². The van der Waals surface area contributed by atoms with Gasteiger partial charge in [0.25, 0.3) is 0 Å². The third-order valence-corrected chi connectivity index (χ3v) is 2.68. The Morgan fingerprint density at radius 2 is 2.17 bits per heavy atom. The van der Waals surface area contributed by atoms with Crippen LogP contribution in [-0.4, -0.2) is 42.9 Å². The molecule has 1 aliphatic rings.